The molecule has 3 heteroatoms. The molecule has 1 saturated carbocycles. The fourth-order valence-corrected chi connectivity index (χ4v) is 1.28. The van der Waals surface area contributed by atoms with Crippen LogP contribution in [-0.4, -0.2) is 16.2 Å². The first kappa shape index (κ1) is 7.32. The van der Waals surface area contributed by atoms with Crippen LogP contribution < -0.4 is 5.73 Å². The first-order valence-electron chi connectivity index (χ1n) is 3.22. The lowest BCUT2D eigenvalue weighted by molar-refractivity contribution is 0.0796. The molecule has 0 atom stereocenters. The van der Waals surface area contributed by atoms with E-state index in [1.54, 1.807) is 0 Å². The smallest absolute Gasteiger partial charge is 0.138 e. The van der Waals surface area contributed by atoms with Crippen LogP contribution in [0.15, 0.2) is 0 Å². The van der Waals surface area contributed by atoms with E-state index in [-0.39, 0.29) is 6.04 Å². The van der Waals surface area contributed by atoms with Crippen LogP contribution >= 0.6 is 11.6 Å². The van der Waals surface area contributed by atoms with Gasteiger partial charge in [-0.2, -0.15) is 0 Å². The largest absolute Gasteiger partial charge is 0.375 e. The van der Waals surface area contributed by atoms with Gasteiger partial charge in [0, 0.05) is 6.04 Å². The minimum Gasteiger partial charge on any atom is -0.375 e. The molecule has 1 aliphatic carbocycles. The van der Waals surface area contributed by atoms with E-state index in [9.17, 15) is 5.11 Å². The van der Waals surface area contributed by atoms with E-state index >= 15 is 0 Å². The van der Waals surface area contributed by atoms with Crippen molar-refractivity contribution >= 4 is 11.6 Å². The molecule has 9 heavy (non-hydrogen) atoms. The predicted octanol–water partition coefficient (Wildman–Crippen LogP) is 1.14. The number of hydrogen-bond acceptors (Lipinski definition) is 1. The normalized spacial score (nSPS) is 45.0. The highest BCUT2D eigenvalue weighted by Crippen LogP contribution is 2.30. The Morgan fingerprint density at radius 1 is 1.44 bits per heavy atom. The van der Waals surface area contributed by atoms with Crippen LogP contribution in [0.3, 0.4) is 0 Å². The maximum absolute atomic E-state index is 9.17. The summed E-state index contributed by atoms with van der Waals surface area (Å²) < 4.78 is 0. The van der Waals surface area contributed by atoms with Crippen LogP contribution in [-0.2, 0) is 0 Å². The third kappa shape index (κ3) is 2.12. The molecule has 0 bridgehead atoms. The molecule has 2 nitrogen and oxygen atoms in total. The average Bonchev–Trinajstić information content (AvgIpc) is 1.78. The van der Waals surface area contributed by atoms with Gasteiger partial charge in [-0.15, -0.1) is 0 Å². The summed E-state index contributed by atoms with van der Waals surface area (Å²) in [6, 6.07) is 0.00373. The summed E-state index contributed by atoms with van der Waals surface area (Å²) in [4.78, 5) is 0. The number of rotatable bonds is 0. The molecular formula is C6H11ClNO. The summed E-state index contributed by atoms with van der Waals surface area (Å²) in [7, 11) is 0. The van der Waals surface area contributed by atoms with E-state index in [2.05, 4.69) is 0 Å². The summed E-state index contributed by atoms with van der Waals surface area (Å²) in [6.45, 7) is 0. The van der Waals surface area contributed by atoms with Crippen molar-refractivity contribution in [2.45, 2.75) is 36.8 Å². The van der Waals surface area contributed by atoms with Gasteiger partial charge in [0.05, 0.1) is 0 Å². The van der Waals surface area contributed by atoms with Crippen LogP contribution in [0.5, 0.6) is 0 Å². The highest BCUT2D eigenvalue weighted by molar-refractivity contribution is 6.22. The third-order valence-corrected chi connectivity index (χ3v) is 2.13. The molecule has 1 aliphatic rings. The van der Waals surface area contributed by atoms with Crippen LogP contribution in [0.25, 0.3) is 0 Å². The minimum absolute atomic E-state index is 0.00373. The molecule has 2 N–H and O–H groups in total. The van der Waals surface area contributed by atoms with Gasteiger partial charge in [0.1, 0.15) is 5.06 Å². The van der Waals surface area contributed by atoms with Crippen molar-refractivity contribution in [3.63, 3.8) is 0 Å². The second-order valence-electron chi connectivity index (χ2n) is 2.69. The number of aliphatic hydroxyl groups is 1. The van der Waals surface area contributed by atoms with E-state index in [4.69, 9.17) is 17.3 Å². The highest BCUT2D eigenvalue weighted by Gasteiger charge is 2.29. The lowest BCUT2D eigenvalue weighted by Crippen LogP contribution is -2.30. The molecule has 53 valence electrons. The number of alkyl halides is 1. The van der Waals surface area contributed by atoms with Crippen LogP contribution in [0.1, 0.15) is 25.7 Å². The predicted molar refractivity (Wildman–Crippen MR) is 36.2 cm³/mol. The number of nitrogens with one attached hydrogen (secondary N) is 1. The number of hydrogen-bond donors (Lipinski definition) is 1. The van der Waals surface area contributed by atoms with Crippen LogP contribution in [0.4, 0.5) is 0 Å². The van der Waals surface area contributed by atoms with Crippen molar-refractivity contribution in [1.82, 2.24) is 5.73 Å². The van der Waals surface area contributed by atoms with Gasteiger partial charge in [-0.05, 0) is 25.7 Å². The SMILES string of the molecule is [NH][C@H]1CC[C@@](O)(Cl)CC1. The van der Waals surface area contributed by atoms with Gasteiger partial charge < -0.3 is 5.11 Å². The van der Waals surface area contributed by atoms with Crippen LogP contribution in [0.2, 0.25) is 0 Å². The zero-order valence-corrected chi connectivity index (χ0v) is 5.99. The van der Waals surface area contributed by atoms with Gasteiger partial charge in [-0.1, -0.05) is 11.6 Å². The van der Waals surface area contributed by atoms with Gasteiger partial charge in [0.2, 0.25) is 0 Å². The maximum Gasteiger partial charge on any atom is 0.138 e. The Morgan fingerprint density at radius 3 is 2.22 bits per heavy atom. The Labute approximate surface area is 60.0 Å². The van der Waals surface area contributed by atoms with E-state index < -0.39 is 5.06 Å². The van der Waals surface area contributed by atoms with Gasteiger partial charge in [0.15, 0.2) is 0 Å². The van der Waals surface area contributed by atoms with Gasteiger partial charge in [-0.25, -0.2) is 0 Å². The third-order valence-electron chi connectivity index (χ3n) is 1.75. The van der Waals surface area contributed by atoms with Crippen molar-refractivity contribution in [3.05, 3.63) is 0 Å². The molecule has 0 aromatic carbocycles. The Morgan fingerprint density at radius 2 is 1.89 bits per heavy atom. The lowest BCUT2D eigenvalue weighted by Gasteiger charge is -2.28. The van der Waals surface area contributed by atoms with Crippen molar-refractivity contribution in [2.24, 2.45) is 0 Å². The minimum atomic E-state index is -0.989. The van der Waals surface area contributed by atoms with Gasteiger partial charge in [-0.3, -0.25) is 5.73 Å². The molecule has 0 aromatic rings. The quantitative estimate of drug-likeness (QED) is 0.515. The standard InChI is InChI=1S/C6H11ClNO/c7-6(9)3-1-5(8)2-4-6/h5,8-9H,1-4H2/t5-,6-. The summed E-state index contributed by atoms with van der Waals surface area (Å²) in [5, 5.41) is 8.19. The molecule has 0 aliphatic heterocycles. The fraction of sp³-hybridized carbons (Fsp3) is 1.00. The Bertz CT molecular complexity index is 95.2. The van der Waals surface area contributed by atoms with Crippen LogP contribution in [0, 0.1) is 0 Å². The van der Waals surface area contributed by atoms with Gasteiger partial charge in [0.25, 0.3) is 0 Å². The van der Waals surface area contributed by atoms with E-state index in [1.807, 2.05) is 0 Å². The lowest BCUT2D eigenvalue weighted by atomic mass is 9.93. The number of halogens is 1. The molecule has 0 saturated heterocycles. The zero-order chi connectivity index (χ0) is 6.91. The molecule has 1 rings (SSSR count). The second kappa shape index (κ2) is 2.45. The van der Waals surface area contributed by atoms with E-state index in [1.165, 1.54) is 0 Å². The maximum atomic E-state index is 9.17. The molecule has 0 amide bonds. The Kier molecular flexibility index (Phi) is 1.99. The summed E-state index contributed by atoms with van der Waals surface area (Å²) in [6.07, 6.45) is 2.62. The fourth-order valence-electron chi connectivity index (χ4n) is 1.06. The summed E-state index contributed by atoms with van der Waals surface area (Å²) in [5.41, 5.74) is 7.28. The Hall–Kier alpha value is 0.210. The van der Waals surface area contributed by atoms with Crippen molar-refractivity contribution < 1.29 is 5.11 Å². The van der Waals surface area contributed by atoms with Crippen molar-refractivity contribution in [3.8, 4) is 0 Å². The summed E-state index contributed by atoms with van der Waals surface area (Å²) in [5.74, 6) is 0. The summed E-state index contributed by atoms with van der Waals surface area (Å²) >= 11 is 5.61. The average molecular weight is 149 g/mol. The first-order chi connectivity index (χ1) is 4.10. The molecule has 0 aromatic heterocycles. The Balaban J connectivity index is 2.35. The second-order valence-corrected chi connectivity index (χ2v) is 3.40. The van der Waals surface area contributed by atoms with Crippen molar-refractivity contribution in [2.75, 3.05) is 0 Å². The molecule has 0 heterocycles. The topological polar surface area (TPSA) is 44.0 Å². The molecule has 0 spiro atoms. The zero-order valence-electron chi connectivity index (χ0n) is 5.23. The monoisotopic (exact) mass is 148 g/mol. The van der Waals surface area contributed by atoms with Gasteiger partial charge >= 0.3 is 0 Å². The van der Waals surface area contributed by atoms with E-state index in [0.717, 1.165) is 12.8 Å². The molecule has 1 radical (unpaired) electrons. The molecule has 1 fully saturated rings. The molecule has 0 unspecified atom stereocenters. The highest BCUT2D eigenvalue weighted by atomic mass is 35.5. The first-order valence-corrected chi connectivity index (χ1v) is 3.60. The van der Waals surface area contributed by atoms with E-state index in [0.29, 0.717) is 12.8 Å². The molecular weight excluding hydrogens is 138 g/mol. The van der Waals surface area contributed by atoms with Crippen molar-refractivity contribution in [1.29, 1.82) is 0 Å².